The Morgan fingerprint density at radius 1 is 1.04 bits per heavy atom. The molecule has 6 heteroatoms. The van der Waals surface area contributed by atoms with Gasteiger partial charge in [0.15, 0.2) is 11.0 Å². The number of benzene rings is 2. The lowest BCUT2D eigenvalue weighted by atomic mass is 10.1. The van der Waals surface area contributed by atoms with Crippen molar-refractivity contribution in [2.45, 2.75) is 18.5 Å². The largest absolute Gasteiger partial charge is 0.396 e. The van der Waals surface area contributed by atoms with E-state index in [1.165, 1.54) is 5.56 Å². The third-order valence-corrected chi connectivity index (χ3v) is 4.83. The van der Waals surface area contributed by atoms with Gasteiger partial charge in [0.2, 0.25) is 0 Å². The Morgan fingerprint density at radius 3 is 2.42 bits per heavy atom. The summed E-state index contributed by atoms with van der Waals surface area (Å²) < 4.78 is 2.03. The van der Waals surface area contributed by atoms with Crippen molar-refractivity contribution in [1.82, 2.24) is 14.8 Å². The fourth-order valence-corrected chi connectivity index (χ4v) is 3.31. The molecule has 1 N–H and O–H groups in total. The van der Waals surface area contributed by atoms with Gasteiger partial charge in [-0.1, -0.05) is 53.2 Å². The normalized spacial score (nSPS) is 11.0. The van der Waals surface area contributed by atoms with Gasteiger partial charge in [-0.2, -0.15) is 0 Å². The highest BCUT2D eigenvalue weighted by atomic mass is 35.5. The molecule has 0 radical (unpaired) electrons. The number of aromatic nitrogens is 3. The molecule has 0 aliphatic heterocycles. The summed E-state index contributed by atoms with van der Waals surface area (Å²) in [6.45, 7) is 2.23. The Labute approximate surface area is 150 Å². The minimum absolute atomic E-state index is 0.174. The number of thioether (sulfide) groups is 1. The zero-order chi connectivity index (χ0) is 16.9. The summed E-state index contributed by atoms with van der Waals surface area (Å²) in [4.78, 5) is 0. The molecule has 1 heterocycles. The molecule has 0 aliphatic carbocycles. The number of aryl methyl sites for hydroxylation is 1. The van der Waals surface area contributed by atoms with Gasteiger partial charge in [0.1, 0.15) is 0 Å². The van der Waals surface area contributed by atoms with Gasteiger partial charge in [-0.15, -0.1) is 10.2 Å². The standard InChI is InChI=1S/C18H18ClN3OS/c1-13-3-5-14(6-4-13)17-20-21-18(24-12-2-11-23)22(17)16-9-7-15(19)8-10-16/h3-10,23H,2,11-12H2,1H3. The Hall–Kier alpha value is -1.82. The molecule has 4 nitrogen and oxygen atoms in total. The van der Waals surface area contributed by atoms with Crippen molar-refractivity contribution in [3.63, 3.8) is 0 Å². The van der Waals surface area contributed by atoms with Crippen molar-refractivity contribution in [1.29, 1.82) is 0 Å². The van der Waals surface area contributed by atoms with Crippen LogP contribution in [0, 0.1) is 6.92 Å². The van der Waals surface area contributed by atoms with Gasteiger partial charge in [0, 0.05) is 28.6 Å². The molecule has 0 saturated heterocycles. The van der Waals surface area contributed by atoms with Gasteiger partial charge in [-0.05, 0) is 37.6 Å². The molecule has 2 aromatic carbocycles. The average Bonchev–Trinajstić information content (AvgIpc) is 3.00. The predicted molar refractivity (Wildman–Crippen MR) is 99.0 cm³/mol. The number of halogens is 1. The molecule has 3 rings (SSSR count). The molecule has 0 unspecified atom stereocenters. The molecule has 0 atom stereocenters. The quantitative estimate of drug-likeness (QED) is 0.524. The molecule has 24 heavy (non-hydrogen) atoms. The number of aliphatic hydroxyl groups excluding tert-OH is 1. The van der Waals surface area contributed by atoms with Gasteiger partial charge in [0.05, 0.1) is 0 Å². The van der Waals surface area contributed by atoms with Crippen LogP contribution in [0.25, 0.3) is 17.1 Å². The first-order chi connectivity index (χ1) is 11.7. The molecule has 0 bridgehead atoms. The van der Waals surface area contributed by atoms with Crippen molar-refractivity contribution in [2.75, 3.05) is 12.4 Å². The molecule has 0 aliphatic rings. The van der Waals surface area contributed by atoms with Crippen LogP contribution >= 0.6 is 23.4 Å². The molecule has 124 valence electrons. The van der Waals surface area contributed by atoms with E-state index in [1.807, 2.05) is 41.0 Å². The van der Waals surface area contributed by atoms with E-state index in [9.17, 15) is 0 Å². The monoisotopic (exact) mass is 359 g/mol. The summed E-state index contributed by atoms with van der Waals surface area (Å²) in [6, 6.07) is 15.9. The third-order valence-electron chi connectivity index (χ3n) is 3.56. The topological polar surface area (TPSA) is 50.9 Å². The summed E-state index contributed by atoms with van der Waals surface area (Å²) in [5.74, 6) is 1.58. The molecule has 0 saturated carbocycles. The first-order valence-corrected chi connectivity index (χ1v) is 9.07. The summed E-state index contributed by atoms with van der Waals surface area (Å²) in [6.07, 6.45) is 0.720. The maximum absolute atomic E-state index is 9.00. The van der Waals surface area contributed by atoms with Crippen LogP contribution in [0.15, 0.2) is 53.7 Å². The fraction of sp³-hybridized carbons (Fsp3) is 0.222. The first kappa shape index (κ1) is 17.0. The van der Waals surface area contributed by atoms with E-state index < -0.39 is 0 Å². The molecular formula is C18H18ClN3OS. The minimum atomic E-state index is 0.174. The maximum atomic E-state index is 9.00. The van der Waals surface area contributed by atoms with Gasteiger partial charge in [-0.25, -0.2) is 0 Å². The zero-order valence-corrected chi connectivity index (χ0v) is 14.9. The minimum Gasteiger partial charge on any atom is -0.396 e. The van der Waals surface area contributed by atoms with Crippen LogP contribution in [0.1, 0.15) is 12.0 Å². The lowest BCUT2D eigenvalue weighted by Gasteiger charge is -2.10. The van der Waals surface area contributed by atoms with E-state index in [4.69, 9.17) is 16.7 Å². The third kappa shape index (κ3) is 3.80. The van der Waals surface area contributed by atoms with Crippen LogP contribution in [0.3, 0.4) is 0 Å². The number of nitrogens with zero attached hydrogens (tertiary/aromatic N) is 3. The molecule has 0 spiro atoms. The number of rotatable bonds is 6. The smallest absolute Gasteiger partial charge is 0.196 e. The summed E-state index contributed by atoms with van der Waals surface area (Å²) in [5, 5.41) is 19.2. The second-order valence-corrected chi connectivity index (χ2v) is 6.91. The van der Waals surface area contributed by atoms with Gasteiger partial charge in [-0.3, -0.25) is 4.57 Å². The van der Waals surface area contributed by atoms with Crippen LogP contribution < -0.4 is 0 Å². The SMILES string of the molecule is Cc1ccc(-c2nnc(SCCCO)n2-c2ccc(Cl)cc2)cc1. The van der Waals surface area contributed by atoms with E-state index in [0.717, 1.165) is 34.4 Å². The summed E-state index contributed by atoms with van der Waals surface area (Å²) >= 11 is 7.60. The maximum Gasteiger partial charge on any atom is 0.196 e. The zero-order valence-electron chi connectivity index (χ0n) is 13.3. The van der Waals surface area contributed by atoms with E-state index in [0.29, 0.717) is 5.02 Å². The van der Waals surface area contributed by atoms with E-state index in [2.05, 4.69) is 29.3 Å². The molecular weight excluding hydrogens is 342 g/mol. The van der Waals surface area contributed by atoms with Crippen molar-refractivity contribution in [3.05, 3.63) is 59.1 Å². The molecule has 0 amide bonds. The van der Waals surface area contributed by atoms with Crippen molar-refractivity contribution in [2.24, 2.45) is 0 Å². The number of hydrogen-bond donors (Lipinski definition) is 1. The second kappa shape index (κ2) is 7.83. The van der Waals surface area contributed by atoms with Crippen LogP contribution in [-0.4, -0.2) is 32.2 Å². The average molecular weight is 360 g/mol. The van der Waals surface area contributed by atoms with E-state index in [-0.39, 0.29) is 6.61 Å². The Morgan fingerprint density at radius 2 is 1.75 bits per heavy atom. The first-order valence-electron chi connectivity index (χ1n) is 7.71. The Balaban J connectivity index is 2.05. The highest BCUT2D eigenvalue weighted by Gasteiger charge is 2.16. The predicted octanol–water partition coefficient (Wildman–Crippen LogP) is 4.37. The highest BCUT2D eigenvalue weighted by Crippen LogP contribution is 2.29. The lowest BCUT2D eigenvalue weighted by molar-refractivity contribution is 0.296. The van der Waals surface area contributed by atoms with Crippen LogP contribution in [-0.2, 0) is 0 Å². The number of hydrogen-bond acceptors (Lipinski definition) is 4. The van der Waals surface area contributed by atoms with Crippen LogP contribution in [0.5, 0.6) is 0 Å². The van der Waals surface area contributed by atoms with Crippen LogP contribution in [0.2, 0.25) is 5.02 Å². The highest BCUT2D eigenvalue weighted by molar-refractivity contribution is 7.99. The molecule has 3 aromatic rings. The Kier molecular flexibility index (Phi) is 5.56. The van der Waals surface area contributed by atoms with Gasteiger partial charge >= 0.3 is 0 Å². The van der Waals surface area contributed by atoms with Gasteiger partial charge in [0.25, 0.3) is 0 Å². The molecule has 0 fully saturated rings. The fourth-order valence-electron chi connectivity index (χ4n) is 2.30. The van der Waals surface area contributed by atoms with Crippen LogP contribution in [0.4, 0.5) is 0 Å². The van der Waals surface area contributed by atoms with E-state index >= 15 is 0 Å². The number of aliphatic hydroxyl groups is 1. The summed E-state index contributed by atoms with van der Waals surface area (Å²) in [7, 11) is 0. The van der Waals surface area contributed by atoms with Crippen molar-refractivity contribution in [3.8, 4) is 17.1 Å². The summed E-state index contributed by atoms with van der Waals surface area (Å²) in [5.41, 5.74) is 3.18. The Bertz CT molecular complexity index is 800. The van der Waals surface area contributed by atoms with Crippen molar-refractivity contribution < 1.29 is 5.11 Å². The molecule has 1 aromatic heterocycles. The lowest BCUT2D eigenvalue weighted by Crippen LogP contribution is -2.00. The van der Waals surface area contributed by atoms with Crippen molar-refractivity contribution >= 4 is 23.4 Å². The second-order valence-electron chi connectivity index (χ2n) is 5.41. The van der Waals surface area contributed by atoms with E-state index in [1.54, 1.807) is 11.8 Å². The van der Waals surface area contributed by atoms with Gasteiger partial charge < -0.3 is 5.11 Å².